The van der Waals surface area contributed by atoms with Gasteiger partial charge in [-0.05, 0) is 77.1 Å². The number of likely N-dealkylation sites (tertiary alicyclic amines) is 1. The molecule has 204 valence electrons. The first-order valence-corrected chi connectivity index (χ1v) is 13.0. The minimum absolute atomic E-state index is 0.00738. The van der Waals surface area contributed by atoms with Crippen molar-refractivity contribution in [1.82, 2.24) is 14.3 Å². The molecule has 0 aliphatic carbocycles. The molecule has 3 aromatic rings. The van der Waals surface area contributed by atoms with Crippen molar-refractivity contribution < 1.29 is 27.8 Å². The number of amides is 1. The maximum atomic E-state index is 14.1. The summed E-state index contributed by atoms with van der Waals surface area (Å²) >= 11 is 0. The lowest BCUT2D eigenvalue weighted by atomic mass is 9.95. The van der Waals surface area contributed by atoms with Crippen LogP contribution in [-0.2, 0) is 11.3 Å². The zero-order valence-electron chi connectivity index (χ0n) is 22.6. The average Bonchev–Trinajstić information content (AvgIpc) is 2.97. The van der Waals surface area contributed by atoms with Gasteiger partial charge in [-0.25, -0.2) is 18.6 Å². The van der Waals surface area contributed by atoms with E-state index < -0.39 is 17.2 Å². The Morgan fingerprint density at radius 2 is 1.84 bits per heavy atom. The molecule has 2 aromatic heterocycles. The van der Waals surface area contributed by atoms with Crippen LogP contribution in [0.25, 0.3) is 5.65 Å². The number of carbonyl (C=O) groups is 2. The maximum Gasteiger partial charge on any atom is 0.410 e. The van der Waals surface area contributed by atoms with Gasteiger partial charge >= 0.3 is 6.09 Å². The number of aryl methyl sites for hydroxylation is 2. The van der Waals surface area contributed by atoms with Crippen molar-refractivity contribution in [3.63, 3.8) is 0 Å². The summed E-state index contributed by atoms with van der Waals surface area (Å²) in [5.74, 6) is -1.13. The molecule has 1 atom stereocenters. The third kappa shape index (κ3) is 6.31. The number of benzene rings is 1. The summed E-state index contributed by atoms with van der Waals surface area (Å²) in [7, 11) is 0. The highest BCUT2D eigenvalue weighted by molar-refractivity contribution is 5.97. The molecule has 1 unspecified atom stereocenters. The van der Waals surface area contributed by atoms with E-state index >= 15 is 0 Å². The number of ketones is 1. The zero-order chi connectivity index (χ0) is 27.6. The molecule has 1 aliphatic rings. The van der Waals surface area contributed by atoms with Crippen LogP contribution in [0.15, 0.2) is 30.5 Å². The molecule has 7 nitrogen and oxygen atoms in total. The summed E-state index contributed by atoms with van der Waals surface area (Å²) in [6, 6.07) is 5.40. The van der Waals surface area contributed by atoms with Gasteiger partial charge in [-0.1, -0.05) is 12.5 Å². The van der Waals surface area contributed by atoms with Crippen LogP contribution in [0.4, 0.5) is 13.6 Å². The van der Waals surface area contributed by atoms with Gasteiger partial charge in [0.25, 0.3) is 0 Å². The van der Waals surface area contributed by atoms with E-state index in [0.29, 0.717) is 35.9 Å². The number of hydrogen-bond acceptors (Lipinski definition) is 5. The molecular formula is C29H35F2N3O4. The fraction of sp³-hybridized carbons (Fsp3) is 0.483. The van der Waals surface area contributed by atoms with E-state index in [1.807, 2.05) is 27.7 Å². The minimum atomic E-state index is -0.687. The van der Waals surface area contributed by atoms with Gasteiger partial charge in [0.05, 0.1) is 11.3 Å². The first-order chi connectivity index (χ1) is 17.9. The summed E-state index contributed by atoms with van der Waals surface area (Å²) < 4.78 is 41.3. The fourth-order valence-corrected chi connectivity index (χ4v) is 4.87. The number of imidazole rings is 1. The van der Waals surface area contributed by atoms with Gasteiger partial charge in [0.2, 0.25) is 0 Å². The van der Waals surface area contributed by atoms with Crippen LogP contribution in [0.2, 0.25) is 0 Å². The van der Waals surface area contributed by atoms with Gasteiger partial charge < -0.3 is 14.4 Å². The lowest BCUT2D eigenvalue weighted by Crippen LogP contribution is -2.39. The molecule has 1 aromatic carbocycles. The van der Waals surface area contributed by atoms with Crippen molar-refractivity contribution in [2.75, 3.05) is 13.1 Å². The maximum absolute atomic E-state index is 14.1. The standard InChI is InChI=1S/C29H35F2N3O4/c1-18-13-25(37-17-21-22(30)10-8-11-23(21)31)27-32-19(2)26(34(27)15-18)24(35)14-20-9-6-7-12-33(16-20)28(36)38-29(3,4)5/h8,10-11,13,15,20H,6-7,9,12,14,16-17H2,1-5H3. The smallest absolute Gasteiger partial charge is 0.410 e. The Kier molecular flexibility index (Phi) is 8.04. The van der Waals surface area contributed by atoms with Crippen molar-refractivity contribution in [1.29, 1.82) is 0 Å². The Morgan fingerprint density at radius 1 is 1.13 bits per heavy atom. The number of halogens is 2. The molecule has 0 saturated carbocycles. The second-order valence-electron chi connectivity index (χ2n) is 11.0. The van der Waals surface area contributed by atoms with E-state index in [-0.39, 0.29) is 36.4 Å². The second-order valence-corrected chi connectivity index (χ2v) is 11.0. The van der Waals surface area contributed by atoms with Crippen LogP contribution in [0.1, 0.15) is 73.8 Å². The normalized spacial score (nSPS) is 16.4. The highest BCUT2D eigenvalue weighted by Crippen LogP contribution is 2.28. The number of rotatable bonds is 6. The van der Waals surface area contributed by atoms with Crippen molar-refractivity contribution in [2.45, 2.75) is 72.5 Å². The second kappa shape index (κ2) is 11.1. The van der Waals surface area contributed by atoms with Gasteiger partial charge in [0, 0.05) is 25.7 Å². The molecule has 1 aliphatic heterocycles. The summed E-state index contributed by atoms with van der Waals surface area (Å²) in [5, 5.41) is 0. The van der Waals surface area contributed by atoms with Gasteiger partial charge in [0.15, 0.2) is 17.2 Å². The summed E-state index contributed by atoms with van der Waals surface area (Å²) in [4.78, 5) is 32.5. The van der Waals surface area contributed by atoms with E-state index in [4.69, 9.17) is 9.47 Å². The summed E-state index contributed by atoms with van der Waals surface area (Å²) in [6.45, 7) is 9.88. The lowest BCUT2D eigenvalue weighted by Gasteiger charge is -2.28. The molecule has 9 heteroatoms. The van der Waals surface area contributed by atoms with Crippen LogP contribution < -0.4 is 4.74 Å². The topological polar surface area (TPSA) is 73.1 Å². The number of Topliss-reactive ketones (excluding diaryl/α,β-unsaturated/α-hetero) is 1. The monoisotopic (exact) mass is 527 g/mol. The SMILES string of the molecule is Cc1cc(OCc2c(F)cccc2F)c2nc(C)c(C(=O)CC3CCCCN(C(=O)OC(C)(C)C)C3)n2c1. The Labute approximate surface area is 221 Å². The Morgan fingerprint density at radius 3 is 2.53 bits per heavy atom. The molecule has 0 spiro atoms. The molecule has 1 saturated heterocycles. The van der Waals surface area contributed by atoms with Crippen molar-refractivity contribution >= 4 is 17.5 Å². The van der Waals surface area contributed by atoms with Gasteiger partial charge in [-0.15, -0.1) is 0 Å². The molecule has 3 heterocycles. The number of aromatic nitrogens is 2. The Bertz CT molecular complexity index is 1330. The summed E-state index contributed by atoms with van der Waals surface area (Å²) in [6.07, 6.45) is 4.33. The number of fused-ring (bicyclic) bond motifs is 1. The fourth-order valence-electron chi connectivity index (χ4n) is 4.87. The molecule has 0 N–H and O–H groups in total. The van der Waals surface area contributed by atoms with E-state index in [2.05, 4.69) is 4.98 Å². The molecule has 1 amide bonds. The van der Waals surface area contributed by atoms with Crippen LogP contribution in [-0.4, -0.2) is 44.9 Å². The first kappa shape index (κ1) is 27.5. The number of carbonyl (C=O) groups excluding carboxylic acids is 2. The third-order valence-corrected chi connectivity index (χ3v) is 6.59. The minimum Gasteiger partial charge on any atom is -0.485 e. The summed E-state index contributed by atoms with van der Waals surface area (Å²) in [5.41, 5.74) is 1.44. The quantitative estimate of drug-likeness (QED) is 0.346. The van der Waals surface area contributed by atoms with Gasteiger partial charge in [0.1, 0.15) is 29.5 Å². The van der Waals surface area contributed by atoms with E-state index in [9.17, 15) is 18.4 Å². The third-order valence-electron chi connectivity index (χ3n) is 6.59. The highest BCUT2D eigenvalue weighted by Gasteiger charge is 2.29. The van der Waals surface area contributed by atoms with E-state index in [0.717, 1.165) is 24.8 Å². The van der Waals surface area contributed by atoms with E-state index in [1.54, 1.807) is 28.5 Å². The van der Waals surface area contributed by atoms with Crippen LogP contribution in [0, 0.1) is 31.4 Å². The van der Waals surface area contributed by atoms with Crippen molar-refractivity contribution in [3.8, 4) is 5.75 Å². The van der Waals surface area contributed by atoms with Gasteiger partial charge in [-0.3, -0.25) is 9.20 Å². The van der Waals surface area contributed by atoms with Crippen molar-refractivity contribution in [2.24, 2.45) is 5.92 Å². The number of ether oxygens (including phenoxy) is 2. The zero-order valence-corrected chi connectivity index (χ0v) is 22.6. The van der Waals surface area contributed by atoms with E-state index in [1.165, 1.54) is 18.2 Å². The Hall–Kier alpha value is -3.49. The molecule has 4 rings (SSSR count). The molecular weight excluding hydrogens is 492 g/mol. The Balaban J connectivity index is 1.55. The average molecular weight is 528 g/mol. The lowest BCUT2D eigenvalue weighted by molar-refractivity contribution is 0.0231. The molecule has 1 fully saturated rings. The largest absolute Gasteiger partial charge is 0.485 e. The van der Waals surface area contributed by atoms with Crippen LogP contribution >= 0.6 is 0 Å². The molecule has 38 heavy (non-hydrogen) atoms. The predicted molar refractivity (Wildman–Crippen MR) is 139 cm³/mol. The van der Waals surface area contributed by atoms with Crippen LogP contribution in [0.3, 0.4) is 0 Å². The van der Waals surface area contributed by atoms with Crippen LogP contribution in [0.5, 0.6) is 5.75 Å². The predicted octanol–water partition coefficient (Wildman–Crippen LogP) is 6.42. The first-order valence-electron chi connectivity index (χ1n) is 13.0. The van der Waals surface area contributed by atoms with Gasteiger partial charge in [-0.2, -0.15) is 0 Å². The van der Waals surface area contributed by atoms with Crippen molar-refractivity contribution in [3.05, 3.63) is 64.6 Å². The number of nitrogens with zero attached hydrogens (tertiary/aromatic N) is 3. The molecule has 0 bridgehead atoms. The molecule has 0 radical (unpaired) electrons. The number of pyridine rings is 1. The highest BCUT2D eigenvalue weighted by atomic mass is 19.1. The number of hydrogen-bond donors (Lipinski definition) is 0.